The maximum Gasteiger partial charge on any atom is 0.0711 e. The molecule has 0 bridgehead atoms. The Labute approximate surface area is 151 Å². The lowest BCUT2D eigenvalue weighted by atomic mass is 10.1. The van der Waals surface area contributed by atoms with Gasteiger partial charge in [0.05, 0.1) is 7.57 Å². The van der Waals surface area contributed by atoms with Gasteiger partial charge in [-0.3, -0.25) is 0 Å². The molecule has 0 aliphatic carbocycles. The molecule has 5 rings (SSSR count). The van der Waals surface area contributed by atoms with Crippen molar-refractivity contribution in [2.24, 2.45) is 7.05 Å². The summed E-state index contributed by atoms with van der Waals surface area (Å²) in [6.45, 7) is 0. The molecule has 0 saturated carbocycles. The molecule has 0 spiro atoms. The third-order valence-corrected chi connectivity index (χ3v) is 7.42. The third-order valence-electron chi connectivity index (χ3n) is 4.22. The molecule has 0 fully saturated rings. The molecule has 0 N–H and O–H groups in total. The fourth-order valence-electron chi connectivity index (χ4n) is 3.20. The molecule has 2 aromatic carbocycles. The van der Waals surface area contributed by atoms with Gasteiger partial charge in [-0.15, -0.1) is 22.7 Å². The zero-order valence-corrected chi connectivity index (χ0v) is 16.3. The van der Waals surface area contributed by atoms with E-state index in [0.717, 1.165) is 0 Å². The minimum atomic E-state index is 1.19. The van der Waals surface area contributed by atoms with Gasteiger partial charge in [-0.2, -0.15) is 0 Å². The number of halogens is 2. The van der Waals surface area contributed by atoms with Crippen molar-refractivity contribution < 1.29 is 0 Å². The van der Waals surface area contributed by atoms with Crippen LogP contribution >= 0.6 is 54.5 Å². The van der Waals surface area contributed by atoms with Crippen LogP contribution in [0.5, 0.6) is 0 Å². The lowest BCUT2D eigenvalue weighted by Crippen LogP contribution is -1.85. The van der Waals surface area contributed by atoms with Gasteiger partial charge in [0.1, 0.15) is 0 Å². The van der Waals surface area contributed by atoms with Crippen molar-refractivity contribution in [3.05, 3.63) is 44.0 Å². The van der Waals surface area contributed by atoms with E-state index in [2.05, 4.69) is 79.9 Å². The van der Waals surface area contributed by atoms with Crippen LogP contribution in [-0.2, 0) is 7.05 Å². The van der Waals surface area contributed by atoms with Crippen LogP contribution in [0.2, 0.25) is 0 Å². The summed E-state index contributed by atoms with van der Waals surface area (Å²) < 4.78 is 7.35. The molecular weight excluding hydrogens is 442 g/mol. The zero-order chi connectivity index (χ0) is 15.0. The molecule has 5 heteroatoms. The van der Waals surface area contributed by atoms with Crippen LogP contribution in [0.4, 0.5) is 0 Å². The highest BCUT2D eigenvalue weighted by Crippen LogP contribution is 2.39. The minimum Gasteiger partial charge on any atom is -0.344 e. The molecule has 0 amide bonds. The average molecular weight is 451 g/mol. The highest BCUT2D eigenvalue weighted by molar-refractivity contribution is 9.11. The monoisotopic (exact) mass is 449 g/mol. The number of aryl methyl sites for hydroxylation is 1. The van der Waals surface area contributed by atoms with E-state index in [-0.39, 0.29) is 0 Å². The first-order valence-corrected chi connectivity index (χ1v) is 10.0. The molecule has 3 aromatic heterocycles. The summed E-state index contributed by atoms with van der Waals surface area (Å²) in [6, 6.07) is 13.7. The first-order chi connectivity index (χ1) is 10.6. The largest absolute Gasteiger partial charge is 0.344 e. The first-order valence-electron chi connectivity index (χ1n) is 6.80. The predicted molar refractivity (Wildman–Crippen MR) is 107 cm³/mol. The zero-order valence-electron chi connectivity index (χ0n) is 11.5. The van der Waals surface area contributed by atoms with E-state index in [1.54, 1.807) is 22.7 Å². The highest BCUT2D eigenvalue weighted by Gasteiger charge is 2.13. The van der Waals surface area contributed by atoms with Crippen molar-refractivity contribution >= 4 is 96.5 Å². The van der Waals surface area contributed by atoms with E-state index in [4.69, 9.17) is 0 Å². The van der Waals surface area contributed by atoms with Crippen molar-refractivity contribution in [1.82, 2.24) is 4.57 Å². The summed E-state index contributed by atoms with van der Waals surface area (Å²) in [5.41, 5.74) is 2.59. The number of hydrogen-bond donors (Lipinski definition) is 0. The van der Waals surface area contributed by atoms with E-state index < -0.39 is 0 Å². The maximum atomic E-state index is 3.60. The molecule has 0 atom stereocenters. The molecule has 0 radical (unpaired) electrons. The molecule has 0 aliphatic rings. The van der Waals surface area contributed by atoms with Crippen LogP contribution in [0.15, 0.2) is 44.0 Å². The normalized spacial score (nSPS) is 12.3. The van der Waals surface area contributed by atoms with Crippen molar-refractivity contribution in [2.45, 2.75) is 0 Å². The van der Waals surface area contributed by atoms with Gasteiger partial charge in [-0.25, -0.2) is 0 Å². The van der Waals surface area contributed by atoms with Crippen LogP contribution in [0.25, 0.3) is 42.0 Å². The molecule has 5 aromatic rings. The van der Waals surface area contributed by atoms with Gasteiger partial charge in [0.2, 0.25) is 0 Å². The Kier molecular flexibility index (Phi) is 2.81. The summed E-state index contributed by atoms with van der Waals surface area (Å²) in [5.74, 6) is 0. The quantitative estimate of drug-likeness (QED) is 0.233. The Morgan fingerprint density at radius 3 is 1.64 bits per heavy atom. The van der Waals surface area contributed by atoms with Gasteiger partial charge in [-0.05, 0) is 79.0 Å². The SMILES string of the molecule is Cn1c2cc3cc(Br)sc3cc2c2cc3sc(Br)cc3cc21. The highest BCUT2D eigenvalue weighted by atomic mass is 79.9. The van der Waals surface area contributed by atoms with Gasteiger partial charge in [-0.1, -0.05) is 0 Å². The van der Waals surface area contributed by atoms with E-state index in [1.807, 2.05) is 0 Å². The van der Waals surface area contributed by atoms with E-state index >= 15 is 0 Å². The van der Waals surface area contributed by atoms with Gasteiger partial charge in [0.15, 0.2) is 0 Å². The Morgan fingerprint density at radius 2 is 1.18 bits per heavy atom. The first kappa shape index (κ1) is 13.5. The van der Waals surface area contributed by atoms with Crippen molar-refractivity contribution in [3.8, 4) is 0 Å². The lowest BCUT2D eigenvalue weighted by molar-refractivity contribution is 1.02. The Bertz CT molecular complexity index is 1120. The molecule has 1 nitrogen and oxygen atoms in total. The smallest absolute Gasteiger partial charge is 0.0711 e. The van der Waals surface area contributed by atoms with Crippen LogP contribution in [0.1, 0.15) is 0 Å². The van der Waals surface area contributed by atoms with Crippen LogP contribution in [0, 0.1) is 0 Å². The van der Waals surface area contributed by atoms with Gasteiger partial charge in [0.25, 0.3) is 0 Å². The van der Waals surface area contributed by atoms with Gasteiger partial charge < -0.3 is 4.57 Å². The topological polar surface area (TPSA) is 4.93 Å². The number of aromatic nitrogens is 1. The fraction of sp³-hybridized carbons (Fsp3) is 0.0588. The standard InChI is InChI=1S/C17H9Br2NS2/c1-20-12-2-8-4-16(18)21-14(8)6-10(12)11-7-15-9(3-13(11)20)5-17(19)22-15/h2-7H,1H3. The van der Waals surface area contributed by atoms with Gasteiger partial charge >= 0.3 is 0 Å². The summed E-state index contributed by atoms with van der Waals surface area (Å²) in [7, 11) is 2.16. The number of benzene rings is 2. The second-order valence-electron chi connectivity index (χ2n) is 5.47. The predicted octanol–water partition coefficient (Wildman–Crippen LogP) is 7.29. The minimum absolute atomic E-state index is 1.19. The molecule has 3 heterocycles. The average Bonchev–Trinajstić information content (AvgIpc) is 3.09. The molecule has 0 saturated heterocycles. The number of fused-ring (bicyclic) bond motifs is 5. The van der Waals surface area contributed by atoms with Crippen LogP contribution in [0.3, 0.4) is 0 Å². The number of rotatable bonds is 0. The van der Waals surface area contributed by atoms with Crippen LogP contribution in [-0.4, -0.2) is 4.57 Å². The Balaban J connectivity index is 2.02. The summed E-state index contributed by atoms with van der Waals surface area (Å²) >= 11 is 10.8. The van der Waals surface area contributed by atoms with E-state index in [1.165, 1.54) is 49.6 Å². The second-order valence-corrected chi connectivity index (χ2v) is 10.4. The van der Waals surface area contributed by atoms with Crippen molar-refractivity contribution in [1.29, 1.82) is 0 Å². The van der Waals surface area contributed by atoms with Crippen LogP contribution < -0.4 is 0 Å². The summed E-state index contributed by atoms with van der Waals surface area (Å²) in [6.07, 6.45) is 0. The summed E-state index contributed by atoms with van der Waals surface area (Å²) in [4.78, 5) is 0. The van der Waals surface area contributed by atoms with E-state index in [0.29, 0.717) is 0 Å². The molecule has 108 valence electrons. The molecule has 0 aliphatic heterocycles. The Morgan fingerprint density at radius 1 is 0.727 bits per heavy atom. The maximum absolute atomic E-state index is 3.60. The lowest BCUT2D eigenvalue weighted by Gasteiger charge is -1.98. The fourth-order valence-corrected chi connectivity index (χ4v) is 6.36. The second kappa shape index (κ2) is 4.57. The molecular formula is C17H9Br2NS2. The Hall–Kier alpha value is -0.880. The molecule has 0 unspecified atom stereocenters. The third kappa shape index (κ3) is 1.80. The number of nitrogens with zero attached hydrogens (tertiary/aromatic N) is 1. The number of hydrogen-bond acceptors (Lipinski definition) is 2. The van der Waals surface area contributed by atoms with E-state index in [9.17, 15) is 0 Å². The number of thiophene rings is 2. The summed E-state index contributed by atoms with van der Waals surface area (Å²) in [5, 5.41) is 5.29. The van der Waals surface area contributed by atoms with Crippen molar-refractivity contribution in [2.75, 3.05) is 0 Å². The van der Waals surface area contributed by atoms with Crippen molar-refractivity contribution in [3.63, 3.8) is 0 Å². The van der Waals surface area contributed by atoms with Gasteiger partial charge in [0, 0.05) is 38.3 Å². The molecule has 22 heavy (non-hydrogen) atoms.